The third-order valence-corrected chi connectivity index (χ3v) is 2.93. The van der Waals surface area contributed by atoms with Gasteiger partial charge < -0.3 is 15.5 Å². The van der Waals surface area contributed by atoms with Crippen LogP contribution in [0.5, 0.6) is 0 Å². The van der Waals surface area contributed by atoms with Crippen molar-refractivity contribution in [2.24, 2.45) is 0 Å². The third-order valence-electron chi connectivity index (χ3n) is 2.58. The number of hydrogen-bond donors (Lipinski definition) is 3. The monoisotopic (exact) mass is 257 g/mol. The van der Waals surface area contributed by atoms with Gasteiger partial charge in [-0.3, -0.25) is 0 Å². The van der Waals surface area contributed by atoms with Crippen LogP contribution in [-0.2, 0) is 4.79 Å². The van der Waals surface area contributed by atoms with Crippen molar-refractivity contribution in [3.05, 3.63) is 34.9 Å². The fourth-order valence-corrected chi connectivity index (χ4v) is 1.66. The first-order valence-corrected chi connectivity index (χ1v) is 5.66. The molecule has 0 bridgehead atoms. The molecule has 0 aliphatic rings. The van der Waals surface area contributed by atoms with E-state index in [4.69, 9.17) is 16.7 Å². The molecule has 4 nitrogen and oxygen atoms in total. The molecule has 0 saturated heterocycles. The molecule has 1 aromatic carbocycles. The van der Waals surface area contributed by atoms with Gasteiger partial charge >= 0.3 is 5.97 Å². The standard InChI is InChI=1S/C12H16ClNO3/c1-8(9-5-3-4-6-10(9)13)14-7-12(2,17)11(15)16/h3-6,8,14,17H,7H2,1-2H3,(H,15,16). The summed E-state index contributed by atoms with van der Waals surface area (Å²) in [5.74, 6) is -1.25. The maximum absolute atomic E-state index is 10.7. The maximum Gasteiger partial charge on any atom is 0.336 e. The van der Waals surface area contributed by atoms with Gasteiger partial charge in [0.2, 0.25) is 0 Å². The van der Waals surface area contributed by atoms with E-state index < -0.39 is 11.6 Å². The van der Waals surface area contributed by atoms with E-state index in [1.54, 1.807) is 6.07 Å². The van der Waals surface area contributed by atoms with Gasteiger partial charge in [0.25, 0.3) is 0 Å². The zero-order valence-electron chi connectivity index (χ0n) is 9.77. The number of carboxylic acids is 1. The Hall–Kier alpha value is -1.10. The van der Waals surface area contributed by atoms with E-state index in [9.17, 15) is 9.90 Å². The van der Waals surface area contributed by atoms with Crippen molar-refractivity contribution < 1.29 is 15.0 Å². The lowest BCUT2D eigenvalue weighted by Crippen LogP contribution is -2.45. The predicted octanol–water partition coefficient (Wildman–Crippen LogP) is 1.83. The van der Waals surface area contributed by atoms with Crippen LogP contribution in [0.1, 0.15) is 25.5 Å². The summed E-state index contributed by atoms with van der Waals surface area (Å²) in [4.78, 5) is 10.7. The maximum atomic E-state index is 10.7. The minimum atomic E-state index is -1.78. The average Bonchev–Trinajstić information content (AvgIpc) is 2.26. The van der Waals surface area contributed by atoms with Crippen molar-refractivity contribution in [1.82, 2.24) is 5.32 Å². The Morgan fingerprint density at radius 1 is 1.53 bits per heavy atom. The topological polar surface area (TPSA) is 69.6 Å². The second-order valence-corrected chi connectivity index (χ2v) is 4.61. The first kappa shape index (κ1) is 14.0. The van der Waals surface area contributed by atoms with Crippen LogP contribution in [0, 0.1) is 0 Å². The van der Waals surface area contributed by atoms with Gasteiger partial charge in [-0.15, -0.1) is 0 Å². The lowest BCUT2D eigenvalue weighted by molar-refractivity contribution is -0.156. The van der Waals surface area contributed by atoms with Gasteiger partial charge in [-0.05, 0) is 25.5 Å². The average molecular weight is 258 g/mol. The molecule has 1 rings (SSSR count). The Kier molecular flexibility index (Phi) is 4.51. The molecule has 0 heterocycles. The number of aliphatic carboxylic acids is 1. The van der Waals surface area contributed by atoms with Gasteiger partial charge in [0, 0.05) is 17.6 Å². The summed E-state index contributed by atoms with van der Waals surface area (Å²) in [7, 11) is 0. The van der Waals surface area contributed by atoms with Crippen molar-refractivity contribution in [3.63, 3.8) is 0 Å². The SMILES string of the molecule is CC(NCC(C)(O)C(=O)O)c1ccccc1Cl. The molecule has 0 aromatic heterocycles. The highest BCUT2D eigenvalue weighted by molar-refractivity contribution is 6.31. The summed E-state index contributed by atoms with van der Waals surface area (Å²) in [5, 5.41) is 21.9. The van der Waals surface area contributed by atoms with E-state index in [0.29, 0.717) is 5.02 Å². The fraction of sp³-hybridized carbons (Fsp3) is 0.417. The summed E-state index contributed by atoms with van der Waals surface area (Å²) in [5.41, 5.74) is -0.912. The molecule has 0 fully saturated rings. The lowest BCUT2D eigenvalue weighted by Gasteiger charge is -2.22. The van der Waals surface area contributed by atoms with Crippen LogP contribution in [-0.4, -0.2) is 28.3 Å². The van der Waals surface area contributed by atoms with Gasteiger partial charge in [-0.2, -0.15) is 0 Å². The van der Waals surface area contributed by atoms with E-state index in [2.05, 4.69) is 5.32 Å². The molecule has 5 heteroatoms. The smallest absolute Gasteiger partial charge is 0.336 e. The van der Waals surface area contributed by atoms with E-state index in [1.807, 2.05) is 25.1 Å². The zero-order valence-corrected chi connectivity index (χ0v) is 10.5. The van der Waals surface area contributed by atoms with Crippen LogP contribution in [0.2, 0.25) is 5.02 Å². The minimum Gasteiger partial charge on any atom is -0.479 e. The molecule has 2 atom stereocenters. The van der Waals surface area contributed by atoms with Crippen molar-refractivity contribution in [1.29, 1.82) is 0 Å². The van der Waals surface area contributed by atoms with Crippen LogP contribution in [0.15, 0.2) is 24.3 Å². The van der Waals surface area contributed by atoms with Crippen LogP contribution >= 0.6 is 11.6 Å². The van der Waals surface area contributed by atoms with Crippen LogP contribution in [0.4, 0.5) is 0 Å². The van der Waals surface area contributed by atoms with E-state index >= 15 is 0 Å². The fourth-order valence-electron chi connectivity index (χ4n) is 1.36. The van der Waals surface area contributed by atoms with E-state index in [-0.39, 0.29) is 12.6 Å². The number of aliphatic hydroxyl groups is 1. The highest BCUT2D eigenvalue weighted by Crippen LogP contribution is 2.22. The van der Waals surface area contributed by atoms with E-state index in [1.165, 1.54) is 6.92 Å². The number of halogens is 1. The summed E-state index contributed by atoms with van der Waals surface area (Å²) in [6.45, 7) is 3.07. The molecule has 0 saturated carbocycles. The van der Waals surface area contributed by atoms with Crippen molar-refractivity contribution in [3.8, 4) is 0 Å². The highest BCUT2D eigenvalue weighted by atomic mass is 35.5. The second kappa shape index (κ2) is 5.49. The van der Waals surface area contributed by atoms with Gasteiger partial charge in [-0.25, -0.2) is 4.79 Å². The van der Waals surface area contributed by atoms with Crippen molar-refractivity contribution in [2.45, 2.75) is 25.5 Å². The highest BCUT2D eigenvalue weighted by Gasteiger charge is 2.30. The number of rotatable bonds is 5. The van der Waals surface area contributed by atoms with Gasteiger partial charge in [0.15, 0.2) is 5.60 Å². The largest absolute Gasteiger partial charge is 0.479 e. The summed E-state index contributed by atoms with van der Waals surface area (Å²) in [6.07, 6.45) is 0. The third kappa shape index (κ3) is 3.70. The molecule has 0 spiro atoms. The Morgan fingerprint density at radius 3 is 2.65 bits per heavy atom. The molecule has 0 amide bonds. The predicted molar refractivity (Wildman–Crippen MR) is 66.1 cm³/mol. The molecule has 94 valence electrons. The van der Waals surface area contributed by atoms with E-state index in [0.717, 1.165) is 5.56 Å². The zero-order chi connectivity index (χ0) is 13.1. The van der Waals surface area contributed by atoms with Crippen LogP contribution in [0.3, 0.4) is 0 Å². The Morgan fingerprint density at radius 2 is 2.12 bits per heavy atom. The number of carboxylic acid groups (broad SMARTS) is 1. The lowest BCUT2D eigenvalue weighted by atomic mass is 10.0. The Balaban J connectivity index is 2.65. The van der Waals surface area contributed by atoms with Gasteiger partial charge in [0.1, 0.15) is 0 Å². The number of hydrogen-bond acceptors (Lipinski definition) is 3. The first-order valence-electron chi connectivity index (χ1n) is 5.28. The quantitative estimate of drug-likeness (QED) is 0.753. The molecular formula is C12H16ClNO3. The first-order chi connectivity index (χ1) is 7.84. The van der Waals surface area contributed by atoms with Gasteiger partial charge in [-0.1, -0.05) is 29.8 Å². The number of nitrogens with one attached hydrogen (secondary N) is 1. The Labute approximate surface area is 105 Å². The number of benzene rings is 1. The summed E-state index contributed by atoms with van der Waals surface area (Å²) < 4.78 is 0. The normalized spacial score (nSPS) is 16.2. The summed E-state index contributed by atoms with van der Waals surface area (Å²) >= 11 is 6.01. The molecule has 2 unspecified atom stereocenters. The molecule has 3 N–H and O–H groups in total. The summed E-state index contributed by atoms with van der Waals surface area (Å²) in [6, 6.07) is 7.18. The van der Waals surface area contributed by atoms with Crippen molar-refractivity contribution in [2.75, 3.05) is 6.54 Å². The van der Waals surface area contributed by atoms with Gasteiger partial charge in [0.05, 0.1) is 0 Å². The minimum absolute atomic E-state index is 0.0469. The van der Waals surface area contributed by atoms with Crippen LogP contribution < -0.4 is 5.32 Å². The number of carbonyl (C=O) groups is 1. The molecule has 1 aromatic rings. The molecule has 17 heavy (non-hydrogen) atoms. The molecule has 0 aliphatic heterocycles. The second-order valence-electron chi connectivity index (χ2n) is 4.20. The van der Waals surface area contributed by atoms with Crippen molar-refractivity contribution >= 4 is 17.6 Å². The molecule has 0 radical (unpaired) electrons. The Bertz CT molecular complexity index is 406. The van der Waals surface area contributed by atoms with Crippen LogP contribution in [0.25, 0.3) is 0 Å². The molecule has 0 aliphatic carbocycles. The molecular weight excluding hydrogens is 242 g/mol.